The predicted octanol–water partition coefficient (Wildman–Crippen LogP) is 13.7. The van der Waals surface area contributed by atoms with Gasteiger partial charge >= 0.3 is 5.97 Å². The van der Waals surface area contributed by atoms with Crippen LogP contribution >= 0.6 is 0 Å². The summed E-state index contributed by atoms with van der Waals surface area (Å²) in [5.74, 6) is -0.544. The molecule has 0 spiro atoms. The summed E-state index contributed by atoms with van der Waals surface area (Å²) in [5, 5.41) is 23.6. The Kier molecular flexibility index (Phi) is 41.8. The lowest BCUT2D eigenvalue weighted by Crippen LogP contribution is -2.46. The monoisotopic (exact) mass is 784 g/mol. The van der Waals surface area contributed by atoms with Gasteiger partial charge in [-0.3, -0.25) is 9.59 Å². The third-order valence-corrected chi connectivity index (χ3v) is 10.3. The molecule has 3 atom stereocenters. The zero-order chi connectivity index (χ0) is 41.0. The molecular formula is C50H89NO5. The Morgan fingerprint density at radius 3 is 1.52 bits per heavy atom. The highest BCUT2D eigenvalue weighted by molar-refractivity contribution is 5.77. The molecule has 3 unspecified atom stereocenters. The van der Waals surface area contributed by atoms with Crippen LogP contribution in [-0.4, -0.2) is 46.9 Å². The lowest BCUT2D eigenvalue weighted by atomic mass is 10.0. The second-order valence-corrected chi connectivity index (χ2v) is 15.8. The third kappa shape index (κ3) is 38.4. The van der Waals surface area contributed by atoms with Crippen LogP contribution in [0.4, 0.5) is 0 Å². The van der Waals surface area contributed by atoms with Gasteiger partial charge in [0.25, 0.3) is 0 Å². The number of hydrogen-bond acceptors (Lipinski definition) is 5. The Morgan fingerprint density at radius 1 is 0.518 bits per heavy atom. The molecule has 6 heteroatoms. The standard InChI is InChI=1S/C50H89NO5/c1-4-7-10-13-16-19-21-22-23-24-25-26-28-30-32-35-38-41-46(56-50(55)43-40-37-34-31-27-20-17-14-11-8-5-2)44-49(54)51-47(45-52)48(53)42-39-36-33-29-18-15-12-9-6-3/h14,16-17,19,22-23,25-26,30,32,46-48,52-53H,4-13,15,18,20-21,24,27-29,31,33-45H2,1-3H3,(H,51,54)/b17-14-,19-16-,23-22-,26-25-,32-30-. The van der Waals surface area contributed by atoms with E-state index in [-0.39, 0.29) is 24.9 Å². The first-order valence-corrected chi connectivity index (χ1v) is 23.5. The minimum atomic E-state index is -0.802. The first kappa shape index (κ1) is 53.6. The van der Waals surface area contributed by atoms with E-state index < -0.39 is 18.2 Å². The number of nitrogens with one attached hydrogen (secondary N) is 1. The fourth-order valence-electron chi connectivity index (χ4n) is 6.69. The summed E-state index contributed by atoms with van der Waals surface area (Å²) in [6.07, 6.45) is 52.8. The second-order valence-electron chi connectivity index (χ2n) is 15.8. The zero-order valence-electron chi connectivity index (χ0n) is 36.8. The van der Waals surface area contributed by atoms with E-state index >= 15 is 0 Å². The molecule has 0 aliphatic heterocycles. The Hall–Kier alpha value is -2.44. The normalized spacial score (nSPS) is 13.9. The predicted molar refractivity (Wildman–Crippen MR) is 241 cm³/mol. The van der Waals surface area contributed by atoms with Crippen LogP contribution in [0.3, 0.4) is 0 Å². The molecule has 6 nitrogen and oxygen atoms in total. The third-order valence-electron chi connectivity index (χ3n) is 10.3. The van der Waals surface area contributed by atoms with E-state index in [0.29, 0.717) is 19.3 Å². The molecule has 0 aromatic carbocycles. The number of ether oxygens (including phenoxy) is 1. The van der Waals surface area contributed by atoms with Gasteiger partial charge in [0.1, 0.15) is 6.10 Å². The first-order chi connectivity index (χ1) is 27.5. The van der Waals surface area contributed by atoms with E-state index in [4.69, 9.17) is 4.74 Å². The van der Waals surface area contributed by atoms with Crippen LogP contribution in [0, 0.1) is 0 Å². The highest BCUT2D eigenvalue weighted by Crippen LogP contribution is 2.16. The van der Waals surface area contributed by atoms with Crippen molar-refractivity contribution in [3.8, 4) is 0 Å². The van der Waals surface area contributed by atoms with Crippen LogP contribution in [0.25, 0.3) is 0 Å². The minimum absolute atomic E-state index is 0.0351. The van der Waals surface area contributed by atoms with E-state index in [0.717, 1.165) is 77.0 Å². The number of esters is 1. The Bertz CT molecular complexity index is 1010. The minimum Gasteiger partial charge on any atom is -0.462 e. The van der Waals surface area contributed by atoms with Crippen LogP contribution in [-0.2, 0) is 14.3 Å². The molecule has 0 radical (unpaired) electrons. The number of unbranched alkanes of at least 4 members (excludes halogenated alkanes) is 19. The van der Waals surface area contributed by atoms with Crippen molar-refractivity contribution in [1.29, 1.82) is 0 Å². The first-order valence-electron chi connectivity index (χ1n) is 23.5. The number of rotatable bonds is 41. The summed E-state index contributed by atoms with van der Waals surface area (Å²) in [6, 6.07) is -0.719. The van der Waals surface area contributed by atoms with E-state index in [9.17, 15) is 19.8 Å². The summed E-state index contributed by atoms with van der Waals surface area (Å²) in [5.41, 5.74) is 0. The maximum atomic E-state index is 13.1. The number of allylic oxidation sites excluding steroid dienone is 10. The van der Waals surface area contributed by atoms with E-state index in [1.807, 2.05) is 0 Å². The molecule has 1 amide bonds. The molecule has 0 aromatic rings. The van der Waals surface area contributed by atoms with Gasteiger partial charge in [-0.25, -0.2) is 0 Å². The van der Waals surface area contributed by atoms with Gasteiger partial charge in [-0.2, -0.15) is 0 Å². The molecule has 0 fully saturated rings. The van der Waals surface area contributed by atoms with Crippen molar-refractivity contribution in [2.24, 2.45) is 0 Å². The molecule has 0 aliphatic carbocycles. The molecule has 0 saturated carbocycles. The molecule has 56 heavy (non-hydrogen) atoms. The van der Waals surface area contributed by atoms with Crippen molar-refractivity contribution in [3.05, 3.63) is 60.8 Å². The molecule has 0 heterocycles. The smallest absolute Gasteiger partial charge is 0.306 e. The summed E-state index contributed by atoms with van der Waals surface area (Å²) in [7, 11) is 0. The lowest BCUT2D eigenvalue weighted by Gasteiger charge is -2.24. The van der Waals surface area contributed by atoms with Gasteiger partial charge < -0.3 is 20.3 Å². The van der Waals surface area contributed by atoms with Crippen LogP contribution in [0.1, 0.15) is 220 Å². The number of hydrogen-bond donors (Lipinski definition) is 3. The molecule has 0 bridgehead atoms. The highest BCUT2D eigenvalue weighted by atomic mass is 16.5. The summed E-state index contributed by atoms with van der Waals surface area (Å²) < 4.78 is 5.87. The van der Waals surface area contributed by atoms with Crippen molar-refractivity contribution in [2.75, 3.05) is 6.61 Å². The maximum absolute atomic E-state index is 13.1. The molecule has 0 aromatic heterocycles. The van der Waals surface area contributed by atoms with E-state index in [1.165, 1.54) is 96.3 Å². The molecule has 324 valence electrons. The van der Waals surface area contributed by atoms with Crippen molar-refractivity contribution in [3.63, 3.8) is 0 Å². The van der Waals surface area contributed by atoms with Gasteiger partial charge in [-0.05, 0) is 83.5 Å². The number of amides is 1. The number of carbonyl (C=O) groups excluding carboxylic acids is 2. The van der Waals surface area contributed by atoms with Gasteiger partial charge in [-0.1, -0.05) is 184 Å². The number of aliphatic hydroxyl groups excluding tert-OH is 2. The summed E-state index contributed by atoms with van der Waals surface area (Å²) >= 11 is 0. The van der Waals surface area contributed by atoms with Gasteiger partial charge in [0.05, 0.1) is 25.2 Å². The summed E-state index contributed by atoms with van der Waals surface area (Å²) in [4.78, 5) is 26.0. The Labute approximate surface area is 346 Å². The fraction of sp³-hybridized carbons (Fsp3) is 0.760. The average Bonchev–Trinajstić information content (AvgIpc) is 3.19. The van der Waals surface area contributed by atoms with Crippen LogP contribution in [0.5, 0.6) is 0 Å². The molecule has 3 N–H and O–H groups in total. The van der Waals surface area contributed by atoms with Crippen molar-refractivity contribution in [1.82, 2.24) is 5.32 Å². The van der Waals surface area contributed by atoms with Gasteiger partial charge in [0, 0.05) is 6.42 Å². The van der Waals surface area contributed by atoms with Crippen LogP contribution < -0.4 is 5.32 Å². The molecule has 0 rings (SSSR count). The fourth-order valence-corrected chi connectivity index (χ4v) is 6.69. The number of carbonyl (C=O) groups is 2. The molecular weight excluding hydrogens is 695 g/mol. The quantitative estimate of drug-likeness (QED) is 0.0326. The average molecular weight is 784 g/mol. The number of aliphatic hydroxyl groups is 2. The lowest BCUT2D eigenvalue weighted by molar-refractivity contribution is -0.151. The van der Waals surface area contributed by atoms with Crippen LogP contribution in [0.2, 0.25) is 0 Å². The molecule has 0 aliphatic rings. The van der Waals surface area contributed by atoms with Crippen LogP contribution in [0.15, 0.2) is 60.8 Å². The Balaban J connectivity index is 4.73. The van der Waals surface area contributed by atoms with E-state index in [2.05, 4.69) is 86.8 Å². The Morgan fingerprint density at radius 2 is 0.946 bits per heavy atom. The second kappa shape index (κ2) is 43.7. The van der Waals surface area contributed by atoms with Gasteiger partial charge in [0.2, 0.25) is 5.91 Å². The topological polar surface area (TPSA) is 95.9 Å². The van der Waals surface area contributed by atoms with Gasteiger partial charge in [0.15, 0.2) is 0 Å². The largest absolute Gasteiger partial charge is 0.462 e. The highest BCUT2D eigenvalue weighted by Gasteiger charge is 2.24. The van der Waals surface area contributed by atoms with Crippen molar-refractivity contribution < 1.29 is 24.5 Å². The van der Waals surface area contributed by atoms with Crippen molar-refractivity contribution in [2.45, 2.75) is 238 Å². The SMILES string of the molecule is CCCC/C=C\CCCCCCCC(=O)OC(CCC/C=C\C/C=C\C/C=C\C/C=C\CCCCC)CC(=O)NC(CO)C(O)CCCCCCCCCCC. The zero-order valence-corrected chi connectivity index (χ0v) is 36.8. The van der Waals surface area contributed by atoms with Crippen molar-refractivity contribution >= 4 is 11.9 Å². The van der Waals surface area contributed by atoms with Gasteiger partial charge in [-0.15, -0.1) is 0 Å². The maximum Gasteiger partial charge on any atom is 0.306 e. The molecule has 0 saturated heterocycles. The van der Waals surface area contributed by atoms with E-state index in [1.54, 1.807) is 0 Å². The summed E-state index contributed by atoms with van der Waals surface area (Å²) in [6.45, 7) is 6.36.